The molecule has 0 spiro atoms. The number of hydrogen-bond donors (Lipinski definition) is 0. The van der Waals surface area contributed by atoms with Crippen LogP contribution < -0.4 is 13.8 Å². The van der Waals surface area contributed by atoms with Gasteiger partial charge in [-0.2, -0.15) is 0 Å². The van der Waals surface area contributed by atoms with Crippen LogP contribution in [-0.2, 0) is 10.0 Å². The van der Waals surface area contributed by atoms with Gasteiger partial charge in [0.2, 0.25) is 10.0 Å². The molecule has 0 atom stereocenters. The first-order valence-corrected chi connectivity index (χ1v) is 12.5. The van der Waals surface area contributed by atoms with E-state index in [2.05, 4.69) is 29.2 Å². The van der Waals surface area contributed by atoms with Crippen molar-refractivity contribution in [1.29, 1.82) is 0 Å². The quantitative estimate of drug-likeness (QED) is 0.586. The Morgan fingerprint density at radius 1 is 1.03 bits per heavy atom. The number of rotatable bonds is 8. The summed E-state index contributed by atoms with van der Waals surface area (Å²) in [6, 6.07) is 13.2. The number of benzene rings is 2. The normalized spacial score (nSPS) is 15.0. The van der Waals surface area contributed by atoms with Crippen molar-refractivity contribution < 1.29 is 22.7 Å². The third-order valence-electron chi connectivity index (χ3n) is 5.70. The van der Waals surface area contributed by atoms with Gasteiger partial charge in [0.25, 0.3) is 5.91 Å². The summed E-state index contributed by atoms with van der Waals surface area (Å²) in [6.45, 7) is 3.36. The number of anilines is 1. The fourth-order valence-corrected chi connectivity index (χ4v) is 4.19. The van der Waals surface area contributed by atoms with Gasteiger partial charge in [-0.15, -0.1) is 0 Å². The average molecular weight is 474 g/mol. The second-order valence-corrected chi connectivity index (χ2v) is 9.87. The largest absolute Gasteiger partial charge is 0.493 e. The van der Waals surface area contributed by atoms with Crippen molar-refractivity contribution in [2.24, 2.45) is 0 Å². The zero-order valence-electron chi connectivity index (χ0n) is 19.5. The zero-order chi connectivity index (χ0) is 24.0. The summed E-state index contributed by atoms with van der Waals surface area (Å²) in [6.07, 6.45) is 5.31. The summed E-state index contributed by atoms with van der Waals surface area (Å²) in [5.74, 6) is 0.492. The Kier molecular flexibility index (Phi) is 7.99. The van der Waals surface area contributed by atoms with Gasteiger partial charge in [-0.1, -0.05) is 42.5 Å². The number of hydrogen-bond acceptors (Lipinski definition) is 6. The molecule has 1 heterocycles. The van der Waals surface area contributed by atoms with Crippen LogP contribution in [0.4, 0.5) is 5.69 Å². The first-order valence-electron chi connectivity index (χ1n) is 10.7. The Labute approximate surface area is 196 Å². The Morgan fingerprint density at radius 2 is 1.64 bits per heavy atom. The van der Waals surface area contributed by atoms with E-state index in [1.54, 1.807) is 11.0 Å². The number of piperazine rings is 1. The molecule has 8 nitrogen and oxygen atoms in total. The molecule has 1 amide bonds. The highest BCUT2D eigenvalue weighted by Gasteiger charge is 2.28. The first-order chi connectivity index (χ1) is 15.7. The maximum Gasteiger partial charge on any atom is 0.256 e. The number of ether oxygens (including phenoxy) is 2. The van der Waals surface area contributed by atoms with Gasteiger partial charge >= 0.3 is 0 Å². The van der Waals surface area contributed by atoms with Gasteiger partial charge in [-0.05, 0) is 11.6 Å². The third-order valence-corrected chi connectivity index (χ3v) is 6.89. The van der Waals surface area contributed by atoms with Crippen LogP contribution in [0.25, 0.3) is 6.08 Å². The lowest BCUT2D eigenvalue weighted by Crippen LogP contribution is -2.48. The SMILES string of the molecule is COc1cc(C(=O)N2CCN(C/C=C/c3ccccc3)CC2)c(N(C)S(C)(=O)=O)cc1OC. The van der Waals surface area contributed by atoms with Crippen LogP contribution in [0.2, 0.25) is 0 Å². The molecule has 0 N–H and O–H groups in total. The smallest absolute Gasteiger partial charge is 0.256 e. The predicted molar refractivity (Wildman–Crippen MR) is 131 cm³/mol. The van der Waals surface area contributed by atoms with Crippen LogP contribution in [0.3, 0.4) is 0 Å². The highest BCUT2D eigenvalue weighted by atomic mass is 32.2. The molecule has 1 aliphatic heterocycles. The van der Waals surface area contributed by atoms with Crippen LogP contribution in [0.5, 0.6) is 11.5 Å². The van der Waals surface area contributed by atoms with Crippen molar-refractivity contribution in [2.45, 2.75) is 0 Å². The van der Waals surface area contributed by atoms with Gasteiger partial charge in [0, 0.05) is 45.8 Å². The number of nitrogens with zero attached hydrogens (tertiary/aromatic N) is 3. The molecule has 0 radical (unpaired) electrons. The van der Waals surface area contributed by atoms with E-state index in [-0.39, 0.29) is 17.2 Å². The molecule has 1 saturated heterocycles. The van der Waals surface area contributed by atoms with Gasteiger partial charge in [0.05, 0.1) is 31.7 Å². The highest BCUT2D eigenvalue weighted by molar-refractivity contribution is 7.92. The van der Waals surface area contributed by atoms with Gasteiger partial charge in [-0.3, -0.25) is 14.0 Å². The Bertz CT molecular complexity index is 1090. The van der Waals surface area contributed by atoms with Crippen molar-refractivity contribution in [3.63, 3.8) is 0 Å². The fraction of sp³-hybridized carbons (Fsp3) is 0.375. The Balaban J connectivity index is 1.73. The second kappa shape index (κ2) is 10.7. The minimum Gasteiger partial charge on any atom is -0.493 e. The monoisotopic (exact) mass is 473 g/mol. The van der Waals surface area contributed by atoms with Crippen LogP contribution in [0, 0.1) is 0 Å². The molecule has 178 valence electrons. The topological polar surface area (TPSA) is 79.4 Å². The number of amides is 1. The van der Waals surface area contributed by atoms with Crippen molar-refractivity contribution in [3.8, 4) is 11.5 Å². The number of carbonyl (C=O) groups excluding carboxylic acids is 1. The van der Waals surface area contributed by atoms with Crippen molar-refractivity contribution in [3.05, 3.63) is 59.7 Å². The molecule has 9 heteroatoms. The van der Waals surface area contributed by atoms with E-state index >= 15 is 0 Å². The molecule has 0 aromatic heterocycles. The van der Waals surface area contributed by atoms with E-state index < -0.39 is 10.0 Å². The number of carbonyl (C=O) groups is 1. The maximum absolute atomic E-state index is 13.4. The summed E-state index contributed by atoms with van der Waals surface area (Å²) >= 11 is 0. The molecule has 0 unspecified atom stereocenters. The third kappa shape index (κ3) is 6.06. The second-order valence-electron chi connectivity index (χ2n) is 7.86. The minimum atomic E-state index is -3.58. The number of methoxy groups -OCH3 is 2. The molecule has 1 fully saturated rings. The first kappa shape index (κ1) is 24.6. The molecule has 0 bridgehead atoms. The van der Waals surface area contributed by atoms with E-state index in [1.165, 1.54) is 27.3 Å². The van der Waals surface area contributed by atoms with Crippen molar-refractivity contribution >= 4 is 27.7 Å². The number of sulfonamides is 1. The van der Waals surface area contributed by atoms with Crippen LogP contribution in [-0.4, -0.2) is 84.4 Å². The van der Waals surface area contributed by atoms with Crippen molar-refractivity contribution in [2.75, 3.05) is 64.6 Å². The average Bonchev–Trinajstić information content (AvgIpc) is 2.82. The summed E-state index contributed by atoms with van der Waals surface area (Å²) in [4.78, 5) is 17.4. The van der Waals surface area contributed by atoms with Gasteiger partial charge in [0.15, 0.2) is 11.5 Å². The summed E-state index contributed by atoms with van der Waals surface area (Å²) in [5, 5.41) is 0. The summed E-state index contributed by atoms with van der Waals surface area (Å²) in [7, 11) is 0.789. The Morgan fingerprint density at radius 3 is 2.21 bits per heavy atom. The van der Waals surface area contributed by atoms with Crippen LogP contribution in [0.1, 0.15) is 15.9 Å². The lowest BCUT2D eigenvalue weighted by molar-refractivity contribution is 0.0650. The summed E-state index contributed by atoms with van der Waals surface area (Å²) in [5.41, 5.74) is 1.67. The van der Waals surface area contributed by atoms with E-state index in [0.29, 0.717) is 24.6 Å². The van der Waals surface area contributed by atoms with E-state index in [4.69, 9.17) is 9.47 Å². The fourth-order valence-electron chi connectivity index (χ4n) is 3.68. The molecule has 0 saturated carbocycles. The molecule has 2 aromatic carbocycles. The van der Waals surface area contributed by atoms with Crippen LogP contribution >= 0.6 is 0 Å². The van der Waals surface area contributed by atoms with E-state index in [0.717, 1.165) is 35.8 Å². The van der Waals surface area contributed by atoms with Gasteiger partial charge < -0.3 is 14.4 Å². The molecule has 3 rings (SSSR count). The van der Waals surface area contributed by atoms with Crippen molar-refractivity contribution in [1.82, 2.24) is 9.80 Å². The molecule has 2 aromatic rings. The standard InChI is InChI=1S/C24H31N3O5S/c1-25(33(4,29)30)21-18-23(32-3)22(31-2)17-20(21)24(28)27-15-13-26(14-16-27)12-8-11-19-9-6-5-7-10-19/h5-11,17-18H,12-16H2,1-4H3/b11-8+. The minimum absolute atomic E-state index is 0.235. The molecular formula is C24H31N3O5S. The summed E-state index contributed by atoms with van der Waals surface area (Å²) < 4.78 is 36.2. The molecule has 0 aliphatic carbocycles. The molecule has 33 heavy (non-hydrogen) atoms. The zero-order valence-corrected chi connectivity index (χ0v) is 20.3. The molecular weight excluding hydrogens is 442 g/mol. The van der Waals surface area contributed by atoms with Gasteiger partial charge in [0.1, 0.15) is 0 Å². The van der Waals surface area contributed by atoms with Crippen LogP contribution in [0.15, 0.2) is 48.5 Å². The Hall–Kier alpha value is -3.04. The molecule has 1 aliphatic rings. The predicted octanol–water partition coefficient (Wildman–Crippen LogP) is 2.57. The highest BCUT2D eigenvalue weighted by Crippen LogP contribution is 2.36. The van der Waals surface area contributed by atoms with E-state index in [9.17, 15) is 13.2 Å². The lowest BCUT2D eigenvalue weighted by Gasteiger charge is -2.35. The van der Waals surface area contributed by atoms with Gasteiger partial charge in [-0.25, -0.2) is 8.42 Å². The lowest BCUT2D eigenvalue weighted by atomic mass is 10.1. The maximum atomic E-state index is 13.4. The van der Waals surface area contributed by atoms with E-state index in [1.807, 2.05) is 18.2 Å².